The lowest BCUT2D eigenvalue weighted by atomic mass is 10.3. The number of pyridine rings is 1. The van der Waals surface area contributed by atoms with Gasteiger partial charge in [-0.25, -0.2) is 0 Å². The molecule has 2 rings (SSSR count). The number of unbranched alkanes of at least 4 members (excludes halogenated alkanes) is 1. The van der Waals surface area contributed by atoms with Crippen LogP contribution in [0.2, 0.25) is 10.0 Å². The van der Waals surface area contributed by atoms with Gasteiger partial charge in [-0.3, -0.25) is 4.79 Å². The van der Waals surface area contributed by atoms with Crippen molar-refractivity contribution >= 4 is 23.2 Å². The summed E-state index contributed by atoms with van der Waals surface area (Å²) in [5, 5.41) is 0.619. The van der Waals surface area contributed by atoms with Crippen molar-refractivity contribution < 1.29 is 4.74 Å². The Bertz CT molecular complexity index is 611. The second-order valence-electron chi connectivity index (χ2n) is 4.37. The highest BCUT2D eigenvalue weighted by molar-refractivity contribution is 6.34. The Morgan fingerprint density at radius 1 is 1.10 bits per heavy atom. The molecule has 0 N–H and O–H groups in total. The molecule has 1 aromatic heterocycles. The molecule has 0 amide bonds. The van der Waals surface area contributed by atoms with E-state index >= 15 is 0 Å². The van der Waals surface area contributed by atoms with Gasteiger partial charge in [0.05, 0.1) is 11.6 Å². The Hall–Kier alpha value is -1.45. The van der Waals surface area contributed by atoms with Crippen LogP contribution in [0.15, 0.2) is 47.4 Å². The van der Waals surface area contributed by atoms with Gasteiger partial charge in [-0.2, -0.15) is 0 Å². The van der Waals surface area contributed by atoms with E-state index in [1.165, 1.54) is 10.6 Å². The van der Waals surface area contributed by atoms with Crippen molar-refractivity contribution in [3.8, 4) is 5.75 Å². The number of ether oxygens (including phenoxy) is 1. The average molecular weight is 312 g/mol. The standard InChI is InChI=1S/C15H15Cl2NO2/c16-12-10-14(17)15(19)18(11-12)8-4-5-9-20-13-6-2-1-3-7-13/h1-3,6-7,10-11H,4-5,8-9H2. The van der Waals surface area contributed by atoms with Gasteiger partial charge in [0, 0.05) is 12.7 Å². The first-order chi connectivity index (χ1) is 9.66. The lowest BCUT2D eigenvalue weighted by molar-refractivity contribution is 0.303. The van der Waals surface area contributed by atoms with Gasteiger partial charge in [0.1, 0.15) is 10.8 Å². The molecule has 3 nitrogen and oxygen atoms in total. The van der Waals surface area contributed by atoms with Crippen LogP contribution in [0.4, 0.5) is 0 Å². The van der Waals surface area contributed by atoms with E-state index in [0.29, 0.717) is 18.2 Å². The normalized spacial score (nSPS) is 10.5. The first-order valence-electron chi connectivity index (χ1n) is 6.40. The van der Waals surface area contributed by atoms with E-state index in [1.54, 1.807) is 6.20 Å². The molecule has 106 valence electrons. The smallest absolute Gasteiger partial charge is 0.269 e. The zero-order valence-corrected chi connectivity index (χ0v) is 12.4. The number of hydrogen-bond acceptors (Lipinski definition) is 2. The van der Waals surface area contributed by atoms with E-state index < -0.39 is 0 Å². The van der Waals surface area contributed by atoms with Crippen LogP contribution in [-0.4, -0.2) is 11.2 Å². The number of para-hydroxylation sites is 1. The SMILES string of the molecule is O=c1c(Cl)cc(Cl)cn1CCCCOc1ccccc1. The first-order valence-corrected chi connectivity index (χ1v) is 7.16. The number of aromatic nitrogens is 1. The van der Waals surface area contributed by atoms with Crippen molar-refractivity contribution in [2.45, 2.75) is 19.4 Å². The maximum atomic E-state index is 11.7. The molecule has 0 saturated carbocycles. The van der Waals surface area contributed by atoms with E-state index in [-0.39, 0.29) is 10.6 Å². The molecule has 0 aliphatic carbocycles. The van der Waals surface area contributed by atoms with E-state index in [4.69, 9.17) is 27.9 Å². The van der Waals surface area contributed by atoms with E-state index in [0.717, 1.165) is 18.6 Å². The summed E-state index contributed by atoms with van der Waals surface area (Å²) in [6.45, 7) is 1.20. The summed E-state index contributed by atoms with van der Waals surface area (Å²) in [4.78, 5) is 11.7. The molecule has 0 unspecified atom stereocenters. The van der Waals surface area contributed by atoms with Crippen molar-refractivity contribution in [1.29, 1.82) is 0 Å². The second-order valence-corrected chi connectivity index (χ2v) is 5.22. The van der Waals surface area contributed by atoms with Gasteiger partial charge in [-0.15, -0.1) is 0 Å². The number of nitrogens with zero attached hydrogens (tertiary/aromatic N) is 1. The molecule has 1 heterocycles. The van der Waals surface area contributed by atoms with E-state index in [2.05, 4.69) is 0 Å². The fraction of sp³-hybridized carbons (Fsp3) is 0.267. The van der Waals surface area contributed by atoms with E-state index in [9.17, 15) is 4.79 Å². The molecule has 5 heteroatoms. The molecular formula is C15H15Cl2NO2. The lowest BCUT2D eigenvalue weighted by Gasteiger charge is -2.08. The molecule has 0 aliphatic rings. The van der Waals surface area contributed by atoms with Gasteiger partial charge < -0.3 is 9.30 Å². The molecule has 20 heavy (non-hydrogen) atoms. The van der Waals surface area contributed by atoms with Gasteiger partial charge in [0.2, 0.25) is 0 Å². The maximum absolute atomic E-state index is 11.7. The highest BCUT2D eigenvalue weighted by atomic mass is 35.5. The van der Waals surface area contributed by atoms with Crippen molar-refractivity contribution in [1.82, 2.24) is 4.57 Å². The zero-order valence-electron chi connectivity index (χ0n) is 10.9. The first kappa shape index (κ1) is 14.9. The molecule has 0 fully saturated rings. The summed E-state index contributed by atoms with van der Waals surface area (Å²) in [6, 6.07) is 11.1. The zero-order chi connectivity index (χ0) is 14.4. The Labute approximate surface area is 127 Å². The molecule has 0 radical (unpaired) electrons. The van der Waals surface area contributed by atoms with Crippen molar-refractivity contribution in [3.63, 3.8) is 0 Å². The number of aryl methyl sites for hydroxylation is 1. The van der Waals surface area contributed by atoms with Crippen LogP contribution in [-0.2, 0) is 6.54 Å². The Morgan fingerprint density at radius 2 is 1.85 bits per heavy atom. The molecular weight excluding hydrogens is 297 g/mol. The molecule has 0 saturated heterocycles. The monoisotopic (exact) mass is 311 g/mol. The van der Waals surface area contributed by atoms with Crippen molar-refractivity contribution in [2.75, 3.05) is 6.61 Å². The molecule has 0 spiro atoms. The minimum atomic E-state index is -0.208. The van der Waals surface area contributed by atoms with Crippen LogP contribution in [0.5, 0.6) is 5.75 Å². The summed E-state index contributed by atoms with van der Waals surface area (Å²) in [6.07, 6.45) is 3.28. The van der Waals surface area contributed by atoms with Crippen LogP contribution >= 0.6 is 23.2 Å². The molecule has 0 atom stereocenters. The minimum Gasteiger partial charge on any atom is -0.494 e. The predicted octanol–water partition coefficient (Wildman–Crippen LogP) is 4.01. The molecule has 2 aromatic rings. The summed E-state index contributed by atoms with van der Waals surface area (Å²) >= 11 is 11.7. The Balaban J connectivity index is 1.78. The van der Waals surface area contributed by atoms with Gasteiger partial charge in [-0.1, -0.05) is 41.4 Å². The fourth-order valence-corrected chi connectivity index (χ4v) is 2.33. The molecule has 0 bridgehead atoms. The fourth-order valence-electron chi connectivity index (χ4n) is 1.82. The number of halogens is 2. The summed E-state index contributed by atoms with van der Waals surface area (Å²) in [5.41, 5.74) is -0.208. The van der Waals surface area contributed by atoms with Crippen LogP contribution in [0.25, 0.3) is 0 Å². The third-order valence-electron chi connectivity index (χ3n) is 2.81. The topological polar surface area (TPSA) is 31.2 Å². The van der Waals surface area contributed by atoms with E-state index in [1.807, 2.05) is 30.3 Å². The summed E-state index contributed by atoms with van der Waals surface area (Å²) in [7, 11) is 0. The number of rotatable bonds is 6. The predicted molar refractivity (Wildman–Crippen MR) is 81.9 cm³/mol. The highest BCUT2D eigenvalue weighted by Crippen LogP contribution is 2.12. The second kappa shape index (κ2) is 7.36. The van der Waals surface area contributed by atoms with Crippen LogP contribution in [0.3, 0.4) is 0 Å². The van der Waals surface area contributed by atoms with Crippen LogP contribution in [0, 0.1) is 0 Å². The van der Waals surface area contributed by atoms with Gasteiger partial charge in [-0.05, 0) is 31.0 Å². The van der Waals surface area contributed by atoms with Gasteiger partial charge >= 0.3 is 0 Å². The average Bonchev–Trinajstić information content (AvgIpc) is 2.44. The number of benzene rings is 1. The van der Waals surface area contributed by atoms with Crippen LogP contribution < -0.4 is 10.3 Å². The Morgan fingerprint density at radius 3 is 2.60 bits per heavy atom. The van der Waals surface area contributed by atoms with Crippen LogP contribution in [0.1, 0.15) is 12.8 Å². The largest absolute Gasteiger partial charge is 0.494 e. The highest BCUT2D eigenvalue weighted by Gasteiger charge is 2.03. The number of hydrogen-bond donors (Lipinski definition) is 0. The minimum absolute atomic E-state index is 0.151. The Kier molecular flexibility index (Phi) is 5.50. The maximum Gasteiger partial charge on any atom is 0.269 e. The molecule has 1 aromatic carbocycles. The van der Waals surface area contributed by atoms with Gasteiger partial charge in [0.15, 0.2) is 0 Å². The lowest BCUT2D eigenvalue weighted by Crippen LogP contribution is -2.20. The molecule has 0 aliphatic heterocycles. The summed E-state index contributed by atoms with van der Waals surface area (Å²) in [5.74, 6) is 0.857. The quantitative estimate of drug-likeness (QED) is 0.755. The van der Waals surface area contributed by atoms with Gasteiger partial charge in [0.25, 0.3) is 5.56 Å². The van der Waals surface area contributed by atoms with Crippen molar-refractivity contribution in [2.24, 2.45) is 0 Å². The third kappa shape index (κ3) is 4.29. The van der Waals surface area contributed by atoms with Crippen molar-refractivity contribution in [3.05, 3.63) is 63.0 Å². The summed E-state index contributed by atoms with van der Waals surface area (Å²) < 4.78 is 7.12. The third-order valence-corrected chi connectivity index (χ3v) is 3.29.